The number of carbonyl (C=O) groups excluding carboxylic acids is 1. The van der Waals surface area contributed by atoms with Gasteiger partial charge in [0.25, 0.3) is 5.91 Å². The highest BCUT2D eigenvalue weighted by Crippen LogP contribution is 2.30. The summed E-state index contributed by atoms with van der Waals surface area (Å²) < 4.78 is 0.172. The molecule has 1 N–H and O–H groups in total. The van der Waals surface area contributed by atoms with Gasteiger partial charge < -0.3 is 10.0 Å². The number of carboxylic acids is 1. The van der Waals surface area contributed by atoms with Gasteiger partial charge in [-0.2, -0.15) is 11.8 Å². The van der Waals surface area contributed by atoms with Crippen molar-refractivity contribution in [3.05, 3.63) is 29.6 Å². The predicted molar refractivity (Wildman–Crippen MR) is 78.3 cm³/mol. The highest BCUT2D eigenvalue weighted by atomic mass is 32.2. The second-order valence-electron chi connectivity index (χ2n) is 5.36. The molecule has 0 spiro atoms. The Labute approximate surface area is 122 Å². The molecule has 108 valence electrons. The summed E-state index contributed by atoms with van der Waals surface area (Å²) in [5, 5.41) is 8.92. The molecule has 5 nitrogen and oxygen atoms in total. The Kier molecular flexibility index (Phi) is 4.32. The lowest BCUT2D eigenvalue weighted by Gasteiger charge is -2.22. The van der Waals surface area contributed by atoms with Crippen LogP contribution in [0.25, 0.3) is 0 Å². The smallest absolute Gasteiger partial charge is 0.354 e. The van der Waals surface area contributed by atoms with Gasteiger partial charge >= 0.3 is 5.97 Å². The zero-order valence-corrected chi connectivity index (χ0v) is 12.4. The van der Waals surface area contributed by atoms with Crippen LogP contribution < -0.4 is 0 Å². The molecule has 1 amide bonds. The van der Waals surface area contributed by atoms with Gasteiger partial charge in [-0.1, -0.05) is 19.9 Å². The molecule has 2 heterocycles. The zero-order valence-electron chi connectivity index (χ0n) is 11.6. The van der Waals surface area contributed by atoms with E-state index >= 15 is 0 Å². The van der Waals surface area contributed by atoms with Crippen molar-refractivity contribution in [3.63, 3.8) is 0 Å². The molecular weight excluding hydrogens is 276 g/mol. The topological polar surface area (TPSA) is 70.5 Å². The Balaban J connectivity index is 2.15. The molecule has 0 saturated carbocycles. The third-order valence-electron chi connectivity index (χ3n) is 3.31. The maximum absolute atomic E-state index is 12.4. The van der Waals surface area contributed by atoms with Crippen molar-refractivity contribution in [2.45, 2.75) is 25.0 Å². The molecule has 0 aliphatic carbocycles. The average Bonchev–Trinajstić information content (AvgIpc) is 2.59. The van der Waals surface area contributed by atoms with Gasteiger partial charge in [0.2, 0.25) is 0 Å². The number of hydrogen-bond donors (Lipinski definition) is 1. The number of aromatic nitrogens is 1. The largest absolute Gasteiger partial charge is 0.477 e. The second kappa shape index (κ2) is 5.83. The summed E-state index contributed by atoms with van der Waals surface area (Å²) in [4.78, 5) is 29.0. The first-order chi connectivity index (χ1) is 9.39. The molecule has 0 atom stereocenters. The number of rotatable bonds is 2. The molecule has 20 heavy (non-hydrogen) atoms. The summed E-state index contributed by atoms with van der Waals surface area (Å²) in [7, 11) is 0. The Morgan fingerprint density at radius 2 is 2.00 bits per heavy atom. The quantitative estimate of drug-likeness (QED) is 0.905. The molecule has 1 fully saturated rings. The maximum Gasteiger partial charge on any atom is 0.354 e. The monoisotopic (exact) mass is 294 g/mol. The van der Waals surface area contributed by atoms with Crippen molar-refractivity contribution < 1.29 is 14.7 Å². The average molecular weight is 294 g/mol. The van der Waals surface area contributed by atoms with Crippen molar-refractivity contribution in [2.24, 2.45) is 0 Å². The highest BCUT2D eigenvalue weighted by molar-refractivity contribution is 8.00. The second-order valence-corrected chi connectivity index (χ2v) is 7.17. The minimum atomic E-state index is -1.12. The summed E-state index contributed by atoms with van der Waals surface area (Å²) in [6, 6.07) is 4.51. The van der Waals surface area contributed by atoms with Gasteiger partial charge in [0, 0.05) is 23.6 Å². The van der Waals surface area contributed by atoms with Crippen LogP contribution >= 0.6 is 11.8 Å². The first kappa shape index (κ1) is 14.8. The molecule has 0 bridgehead atoms. The number of nitrogens with zero attached hydrogens (tertiary/aromatic N) is 2. The summed E-state index contributed by atoms with van der Waals surface area (Å²) in [5.74, 6) is -0.421. The Morgan fingerprint density at radius 1 is 1.30 bits per heavy atom. The minimum absolute atomic E-state index is 0.0969. The summed E-state index contributed by atoms with van der Waals surface area (Å²) in [6.45, 7) is 5.70. The van der Waals surface area contributed by atoms with E-state index in [0.29, 0.717) is 13.1 Å². The van der Waals surface area contributed by atoms with Gasteiger partial charge in [0.1, 0.15) is 11.4 Å². The van der Waals surface area contributed by atoms with Gasteiger partial charge in [-0.15, -0.1) is 0 Å². The molecule has 0 aromatic carbocycles. The van der Waals surface area contributed by atoms with Gasteiger partial charge in [0.15, 0.2) is 0 Å². The number of carbonyl (C=O) groups is 2. The number of thioether (sulfide) groups is 1. The number of hydrogen-bond acceptors (Lipinski definition) is 4. The van der Waals surface area contributed by atoms with E-state index in [2.05, 4.69) is 18.8 Å². The van der Waals surface area contributed by atoms with Gasteiger partial charge in [-0.3, -0.25) is 4.79 Å². The molecule has 0 radical (unpaired) electrons. The fourth-order valence-electron chi connectivity index (χ4n) is 2.06. The van der Waals surface area contributed by atoms with Gasteiger partial charge in [-0.25, -0.2) is 9.78 Å². The molecule has 0 unspecified atom stereocenters. The number of amides is 1. The van der Waals surface area contributed by atoms with Crippen LogP contribution in [0.5, 0.6) is 0 Å². The predicted octanol–water partition coefficient (Wildman–Crippen LogP) is 2.14. The van der Waals surface area contributed by atoms with E-state index in [9.17, 15) is 9.59 Å². The van der Waals surface area contributed by atoms with E-state index < -0.39 is 5.97 Å². The first-order valence-electron chi connectivity index (χ1n) is 6.53. The van der Waals surface area contributed by atoms with E-state index in [4.69, 9.17) is 5.11 Å². The molecule has 2 rings (SSSR count). The van der Waals surface area contributed by atoms with Crippen molar-refractivity contribution in [3.8, 4) is 0 Å². The SMILES string of the molecule is CC1(C)CCN(C(=O)c2cccc(C(=O)O)n2)CCS1. The highest BCUT2D eigenvalue weighted by Gasteiger charge is 2.27. The van der Waals surface area contributed by atoms with Crippen LogP contribution in [-0.4, -0.2) is 50.5 Å². The van der Waals surface area contributed by atoms with Gasteiger partial charge in [0.05, 0.1) is 0 Å². The summed E-state index contributed by atoms with van der Waals surface area (Å²) >= 11 is 1.86. The number of carboxylic acid groups (broad SMARTS) is 1. The molecular formula is C14H18N2O3S. The Bertz CT molecular complexity index is 531. The maximum atomic E-state index is 12.4. The first-order valence-corrected chi connectivity index (χ1v) is 7.51. The lowest BCUT2D eigenvalue weighted by atomic mass is 10.1. The number of pyridine rings is 1. The third-order valence-corrected chi connectivity index (χ3v) is 4.68. The standard InChI is InChI=1S/C14H18N2O3S/c1-14(2)6-7-16(8-9-20-14)12(17)10-4-3-5-11(15-10)13(18)19/h3-5H,6-9H2,1-2H3,(H,18,19). The van der Waals surface area contributed by atoms with E-state index in [1.165, 1.54) is 6.07 Å². The summed E-state index contributed by atoms with van der Waals surface area (Å²) in [6.07, 6.45) is 0.919. The van der Waals surface area contributed by atoms with E-state index in [1.807, 2.05) is 11.8 Å². The Morgan fingerprint density at radius 3 is 2.70 bits per heavy atom. The van der Waals surface area contributed by atoms with Crippen LogP contribution in [0, 0.1) is 0 Å². The summed E-state index contributed by atoms with van der Waals surface area (Å²) in [5.41, 5.74) is 0.106. The van der Waals surface area contributed by atoms with Crippen LogP contribution in [0.4, 0.5) is 0 Å². The van der Waals surface area contributed by atoms with Crippen LogP contribution in [-0.2, 0) is 0 Å². The molecule has 1 aliphatic heterocycles. The lowest BCUT2D eigenvalue weighted by molar-refractivity contribution is 0.0690. The van der Waals surface area contributed by atoms with E-state index in [1.54, 1.807) is 17.0 Å². The Hall–Kier alpha value is -1.56. The van der Waals surface area contributed by atoms with Crippen molar-refractivity contribution in [2.75, 3.05) is 18.8 Å². The fraction of sp³-hybridized carbons (Fsp3) is 0.500. The molecule has 1 aromatic heterocycles. The van der Waals surface area contributed by atoms with Crippen molar-refractivity contribution in [1.82, 2.24) is 9.88 Å². The van der Waals surface area contributed by atoms with Gasteiger partial charge in [-0.05, 0) is 18.6 Å². The number of aromatic carboxylic acids is 1. The third kappa shape index (κ3) is 3.50. The molecule has 6 heteroatoms. The minimum Gasteiger partial charge on any atom is -0.477 e. The van der Waals surface area contributed by atoms with Crippen LogP contribution in [0.3, 0.4) is 0 Å². The van der Waals surface area contributed by atoms with E-state index in [0.717, 1.165) is 12.2 Å². The molecule has 1 saturated heterocycles. The van der Waals surface area contributed by atoms with Crippen LogP contribution in [0.15, 0.2) is 18.2 Å². The van der Waals surface area contributed by atoms with Crippen molar-refractivity contribution >= 4 is 23.6 Å². The van der Waals surface area contributed by atoms with Crippen LogP contribution in [0.1, 0.15) is 41.2 Å². The fourth-order valence-corrected chi connectivity index (χ4v) is 3.16. The van der Waals surface area contributed by atoms with E-state index in [-0.39, 0.29) is 22.0 Å². The van der Waals surface area contributed by atoms with Crippen LogP contribution in [0.2, 0.25) is 0 Å². The molecule has 1 aliphatic rings. The molecule has 1 aromatic rings. The zero-order chi connectivity index (χ0) is 14.8. The lowest BCUT2D eigenvalue weighted by Crippen LogP contribution is -2.34. The van der Waals surface area contributed by atoms with Crippen molar-refractivity contribution in [1.29, 1.82) is 0 Å². The normalized spacial score (nSPS) is 18.4.